The Morgan fingerprint density at radius 1 is 1.26 bits per heavy atom. The first-order valence-electron chi connectivity index (χ1n) is 6.43. The molecular formula is C15H17N3O. The number of nitrogens with two attached hydrogens (primary N) is 1. The zero-order chi connectivity index (χ0) is 13.4. The summed E-state index contributed by atoms with van der Waals surface area (Å²) < 4.78 is 1.84. The zero-order valence-corrected chi connectivity index (χ0v) is 10.9. The summed E-state index contributed by atoms with van der Waals surface area (Å²) >= 11 is 0. The van der Waals surface area contributed by atoms with Crippen LogP contribution in [0.5, 0.6) is 0 Å². The van der Waals surface area contributed by atoms with E-state index in [0.29, 0.717) is 12.2 Å². The maximum Gasteiger partial charge on any atom is 0.274 e. The quantitative estimate of drug-likeness (QED) is 0.840. The van der Waals surface area contributed by atoms with Crippen molar-refractivity contribution < 1.29 is 4.79 Å². The monoisotopic (exact) mass is 255 g/mol. The van der Waals surface area contributed by atoms with Crippen molar-refractivity contribution in [3.8, 4) is 0 Å². The van der Waals surface area contributed by atoms with Gasteiger partial charge in [-0.3, -0.25) is 4.79 Å². The van der Waals surface area contributed by atoms with Crippen LogP contribution >= 0.6 is 0 Å². The minimum absolute atomic E-state index is 0.000816. The molecule has 98 valence electrons. The number of hydrogen-bond acceptors (Lipinski definition) is 2. The van der Waals surface area contributed by atoms with Crippen LogP contribution in [0.15, 0.2) is 42.6 Å². The predicted molar refractivity (Wildman–Crippen MR) is 75.2 cm³/mol. The average molecular weight is 255 g/mol. The van der Waals surface area contributed by atoms with Crippen molar-refractivity contribution in [3.05, 3.63) is 53.9 Å². The first-order chi connectivity index (χ1) is 9.16. The molecule has 1 aliphatic heterocycles. The number of anilines is 1. The Hall–Kier alpha value is -2.07. The predicted octanol–water partition coefficient (Wildman–Crippen LogP) is 1.56. The lowest BCUT2D eigenvalue weighted by atomic mass is 9.98. The Morgan fingerprint density at radius 2 is 2.05 bits per heavy atom. The second kappa shape index (κ2) is 4.55. The lowest BCUT2D eigenvalue weighted by molar-refractivity contribution is 0.0975. The Bertz CT molecular complexity index is 617. The number of aryl methyl sites for hydroxylation is 1. The molecule has 0 fully saturated rings. The normalized spacial score (nSPS) is 18.2. The molecule has 2 heterocycles. The van der Waals surface area contributed by atoms with E-state index in [1.165, 1.54) is 0 Å². The fourth-order valence-corrected chi connectivity index (χ4v) is 2.64. The molecule has 0 radical (unpaired) electrons. The van der Waals surface area contributed by atoms with Gasteiger partial charge < -0.3 is 15.2 Å². The second-order valence-corrected chi connectivity index (χ2v) is 5.01. The smallest absolute Gasteiger partial charge is 0.274 e. The summed E-state index contributed by atoms with van der Waals surface area (Å²) in [7, 11) is 1.88. The van der Waals surface area contributed by atoms with Crippen molar-refractivity contribution >= 4 is 11.6 Å². The van der Waals surface area contributed by atoms with Crippen LogP contribution in [0.3, 0.4) is 0 Å². The van der Waals surface area contributed by atoms with Gasteiger partial charge in [0.25, 0.3) is 5.91 Å². The van der Waals surface area contributed by atoms with Gasteiger partial charge in [-0.25, -0.2) is 0 Å². The molecule has 4 heteroatoms. The SMILES string of the molecule is Cn1cccc1C(=O)N1CC(N)Cc2ccccc21. The van der Waals surface area contributed by atoms with E-state index in [1.807, 2.05) is 54.2 Å². The minimum atomic E-state index is -0.000816. The Kier molecular flexibility index (Phi) is 2.87. The van der Waals surface area contributed by atoms with Gasteiger partial charge in [0.1, 0.15) is 5.69 Å². The molecule has 1 aliphatic rings. The van der Waals surface area contributed by atoms with Gasteiger partial charge in [-0.2, -0.15) is 0 Å². The maximum absolute atomic E-state index is 12.6. The standard InChI is InChI=1S/C15H17N3O/c1-17-8-4-7-14(17)15(19)18-10-12(16)9-11-5-2-3-6-13(11)18/h2-8,12H,9-10,16H2,1H3. The molecule has 1 aromatic carbocycles. The van der Waals surface area contributed by atoms with Gasteiger partial charge in [0.15, 0.2) is 0 Å². The third-order valence-corrected chi connectivity index (χ3v) is 3.59. The summed E-state index contributed by atoms with van der Waals surface area (Å²) in [5.41, 5.74) is 8.88. The van der Waals surface area contributed by atoms with Crippen LogP contribution in [-0.4, -0.2) is 23.1 Å². The van der Waals surface area contributed by atoms with Crippen molar-refractivity contribution in [3.63, 3.8) is 0 Å². The molecule has 3 rings (SSSR count). The van der Waals surface area contributed by atoms with Crippen LogP contribution in [0, 0.1) is 0 Å². The molecule has 1 atom stereocenters. The average Bonchev–Trinajstić information content (AvgIpc) is 2.83. The van der Waals surface area contributed by atoms with Gasteiger partial charge in [-0.1, -0.05) is 18.2 Å². The van der Waals surface area contributed by atoms with Gasteiger partial charge in [-0.05, 0) is 30.2 Å². The van der Waals surface area contributed by atoms with E-state index in [4.69, 9.17) is 5.73 Å². The molecule has 2 N–H and O–H groups in total. The number of benzene rings is 1. The van der Waals surface area contributed by atoms with E-state index in [9.17, 15) is 4.79 Å². The largest absolute Gasteiger partial charge is 0.347 e. The van der Waals surface area contributed by atoms with Crippen LogP contribution in [0.25, 0.3) is 0 Å². The fraction of sp³-hybridized carbons (Fsp3) is 0.267. The fourth-order valence-electron chi connectivity index (χ4n) is 2.64. The van der Waals surface area contributed by atoms with Crippen molar-refractivity contribution in [2.75, 3.05) is 11.4 Å². The molecule has 2 aromatic rings. The van der Waals surface area contributed by atoms with E-state index in [2.05, 4.69) is 0 Å². The molecule has 0 saturated heterocycles. The first kappa shape index (κ1) is 12.0. The van der Waals surface area contributed by atoms with Crippen LogP contribution in [0.2, 0.25) is 0 Å². The van der Waals surface area contributed by atoms with Crippen molar-refractivity contribution in [1.82, 2.24) is 4.57 Å². The van der Waals surface area contributed by atoms with Crippen LogP contribution in [0.4, 0.5) is 5.69 Å². The van der Waals surface area contributed by atoms with Gasteiger partial charge in [-0.15, -0.1) is 0 Å². The number of amides is 1. The molecule has 0 spiro atoms. The summed E-state index contributed by atoms with van der Waals surface area (Å²) in [4.78, 5) is 14.4. The molecule has 19 heavy (non-hydrogen) atoms. The Labute approximate surface area is 112 Å². The number of fused-ring (bicyclic) bond motifs is 1. The number of nitrogens with zero attached hydrogens (tertiary/aromatic N) is 2. The molecule has 0 aliphatic carbocycles. The number of carbonyl (C=O) groups excluding carboxylic acids is 1. The zero-order valence-electron chi connectivity index (χ0n) is 10.9. The lowest BCUT2D eigenvalue weighted by Gasteiger charge is -2.33. The summed E-state index contributed by atoms with van der Waals surface area (Å²) in [5, 5.41) is 0. The molecule has 1 unspecified atom stereocenters. The van der Waals surface area contributed by atoms with Crippen LogP contribution in [0.1, 0.15) is 16.1 Å². The van der Waals surface area contributed by atoms with Gasteiger partial charge in [0.05, 0.1) is 0 Å². The number of para-hydroxylation sites is 1. The molecule has 0 bridgehead atoms. The summed E-state index contributed by atoms with van der Waals surface area (Å²) in [6.07, 6.45) is 2.70. The van der Waals surface area contributed by atoms with Crippen molar-refractivity contribution in [2.24, 2.45) is 12.8 Å². The van der Waals surface area contributed by atoms with Gasteiger partial charge >= 0.3 is 0 Å². The van der Waals surface area contributed by atoms with E-state index < -0.39 is 0 Å². The van der Waals surface area contributed by atoms with E-state index in [0.717, 1.165) is 17.7 Å². The summed E-state index contributed by atoms with van der Waals surface area (Å²) in [6, 6.07) is 11.7. The van der Waals surface area contributed by atoms with Gasteiger partial charge in [0, 0.05) is 31.5 Å². The van der Waals surface area contributed by atoms with Crippen LogP contribution in [-0.2, 0) is 13.5 Å². The highest BCUT2D eigenvalue weighted by Crippen LogP contribution is 2.27. The molecule has 1 aromatic heterocycles. The first-order valence-corrected chi connectivity index (χ1v) is 6.43. The maximum atomic E-state index is 12.6. The third-order valence-electron chi connectivity index (χ3n) is 3.59. The number of rotatable bonds is 1. The number of aromatic nitrogens is 1. The van der Waals surface area contributed by atoms with Gasteiger partial charge in [0.2, 0.25) is 0 Å². The Morgan fingerprint density at radius 3 is 2.79 bits per heavy atom. The van der Waals surface area contributed by atoms with Crippen molar-refractivity contribution in [2.45, 2.75) is 12.5 Å². The lowest BCUT2D eigenvalue weighted by Crippen LogP contribution is -2.46. The number of hydrogen-bond donors (Lipinski definition) is 1. The molecule has 4 nitrogen and oxygen atoms in total. The number of carbonyl (C=O) groups is 1. The highest BCUT2D eigenvalue weighted by molar-refractivity contribution is 6.05. The second-order valence-electron chi connectivity index (χ2n) is 5.01. The molecular weight excluding hydrogens is 238 g/mol. The minimum Gasteiger partial charge on any atom is -0.347 e. The van der Waals surface area contributed by atoms with E-state index >= 15 is 0 Å². The topological polar surface area (TPSA) is 51.3 Å². The van der Waals surface area contributed by atoms with Crippen LogP contribution < -0.4 is 10.6 Å². The van der Waals surface area contributed by atoms with E-state index in [-0.39, 0.29) is 11.9 Å². The van der Waals surface area contributed by atoms with Crippen molar-refractivity contribution in [1.29, 1.82) is 0 Å². The highest BCUT2D eigenvalue weighted by Gasteiger charge is 2.27. The molecule has 1 amide bonds. The molecule has 0 saturated carbocycles. The van der Waals surface area contributed by atoms with E-state index in [1.54, 1.807) is 4.90 Å². The Balaban J connectivity index is 2.02. The summed E-state index contributed by atoms with van der Waals surface area (Å²) in [5.74, 6) is 0.00935. The third kappa shape index (κ3) is 2.04. The summed E-state index contributed by atoms with van der Waals surface area (Å²) in [6.45, 7) is 0.570. The highest BCUT2D eigenvalue weighted by atomic mass is 16.2.